The van der Waals surface area contributed by atoms with Gasteiger partial charge in [-0.3, -0.25) is 0 Å². The van der Waals surface area contributed by atoms with Gasteiger partial charge < -0.3 is 5.73 Å². The summed E-state index contributed by atoms with van der Waals surface area (Å²) < 4.78 is 28.0. The number of benzene rings is 2. The average Bonchev–Trinajstić information content (AvgIpc) is 3.29. The molecule has 110 valence electrons. The van der Waals surface area contributed by atoms with E-state index in [9.17, 15) is 8.78 Å². The fourth-order valence-corrected chi connectivity index (χ4v) is 3.29. The molecule has 2 aromatic carbocycles. The quantitative estimate of drug-likeness (QED) is 0.811. The maximum absolute atomic E-state index is 14.0. The van der Waals surface area contributed by atoms with Crippen LogP contribution in [0.5, 0.6) is 0 Å². The fraction of sp³-hybridized carbons (Fsp3) is 0.294. The smallest absolute Gasteiger partial charge is 0.143 e. The van der Waals surface area contributed by atoms with Gasteiger partial charge in [0.25, 0.3) is 0 Å². The summed E-state index contributed by atoms with van der Waals surface area (Å²) in [6, 6.07) is 12.6. The van der Waals surface area contributed by atoms with Crippen molar-refractivity contribution >= 4 is 15.9 Å². The van der Waals surface area contributed by atoms with Gasteiger partial charge in [0.15, 0.2) is 0 Å². The second-order valence-corrected chi connectivity index (χ2v) is 6.46. The minimum absolute atomic E-state index is 0.0792. The van der Waals surface area contributed by atoms with E-state index in [0.29, 0.717) is 11.8 Å². The molecule has 3 unspecified atom stereocenters. The topological polar surface area (TPSA) is 26.0 Å². The third-order valence-electron chi connectivity index (χ3n) is 4.20. The number of hydrogen-bond acceptors (Lipinski definition) is 1. The molecule has 0 amide bonds. The molecule has 2 aromatic rings. The molecule has 0 spiro atoms. The first-order chi connectivity index (χ1) is 10.1. The number of halogens is 3. The molecule has 3 atom stereocenters. The molecule has 1 aliphatic carbocycles. The molecule has 1 fully saturated rings. The minimum atomic E-state index is -0.539. The summed E-state index contributed by atoms with van der Waals surface area (Å²) in [5.74, 6) is -0.352. The first kappa shape index (κ1) is 14.7. The van der Waals surface area contributed by atoms with Gasteiger partial charge in [-0.2, -0.15) is 0 Å². The second-order valence-electron chi connectivity index (χ2n) is 5.61. The van der Waals surface area contributed by atoms with Crippen molar-refractivity contribution in [2.24, 2.45) is 11.7 Å². The molecule has 1 saturated carbocycles. The van der Waals surface area contributed by atoms with E-state index in [-0.39, 0.29) is 22.5 Å². The van der Waals surface area contributed by atoms with E-state index in [1.807, 2.05) is 18.2 Å². The maximum atomic E-state index is 14.0. The van der Waals surface area contributed by atoms with E-state index in [0.717, 1.165) is 6.42 Å². The van der Waals surface area contributed by atoms with E-state index < -0.39 is 11.6 Å². The predicted molar refractivity (Wildman–Crippen MR) is 83.0 cm³/mol. The molecule has 0 saturated heterocycles. The highest BCUT2D eigenvalue weighted by atomic mass is 79.9. The summed E-state index contributed by atoms with van der Waals surface area (Å²) in [5.41, 5.74) is 7.51. The molecule has 1 nitrogen and oxygen atoms in total. The Hall–Kier alpha value is -1.26. The standard InChI is InChI=1S/C17H16BrF2N/c18-14-6-7-15(19)13(17(14)20)9-16(21)12-8-11(12)10-4-2-1-3-5-10/h1-7,11-12,16H,8-9,21H2. The lowest BCUT2D eigenvalue weighted by Crippen LogP contribution is -2.27. The first-order valence-electron chi connectivity index (χ1n) is 7.01. The Bertz CT molecular complexity index is 645. The third-order valence-corrected chi connectivity index (χ3v) is 4.81. The highest BCUT2D eigenvalue weighted by Crippen LogP contribution is 2.49. The van der Waals surface area contributed by atoms with E-state index >= 15 is 0 Å². The third kappa shape index (κ3) is 3.01. The fourth-order valence-electron chi connectivity index (χ4n) is 2.91. The van der Waals surface area contributed by atoms with Crippen LogP contribution in [0.3, 0.4) is 0 Å². The van der Waals surface area contributed by atoms with Crippen molar-refractivity contribution in [1.82, 2.24) is 0 Å². The Balaban J connectivity index is 1.72. The van der Waals surface area contributed by atoms with Crippen molar-refractivity contribution in [1.29, 1.82) is 0 Å². The lowest BCUT2D eigenvalue weighted by molar-refractivity contribution is 0.509. The number of nitrogens with two attached hydrogens (primary N) is 1. The SMILES string of the molecule is NC(Cc1c(F)ccc(Br)c1F)C1CC1c1ccccc1. The van der Waals surface area contributed by atoms with Gasteiger partial charge in [-0.25, -0.2) is 8.78 Å². The predicted octanol–water partition coefficient (Wildman–Crippen LogP) is 4.40. The van der Waals surface area contributed by atoms with Gasteiger partial charge in [0.2, 0.25) is 0 Å². The summed E-state index contributed by atoms with van der Waals surface area (Å²) in [6.07, 6.45) is 1.22. The van der Waals surface area contributed by atoms with Crippen molar-refractivity contribution in [2.45, 2.75) is 24.8 Å². The van der Waals surface area contributed by atoms with Crippen molar-refractivity contribution in [3.63, 3.8) is 0 Å². The Morgan fingerprint density at radius 1 is 1.14 bits per heavy atom. The Morgan fingerprint density at radius 3 is 2.57 bits per heavy atom. The van der Waals surface area contributed by atoms with E-state index in [1.165, 1.54) is 17.7 Å². The van der Waals surface area contributed by atoms with Gasteiger partial charge in [-0.05, 0) is 58.3 Å². The lowest BCUT2D eigenvalue weighted by Gasteiger charge is -2.13. The molecule has 0 radical (unpaired) electrons. The normalized spacial score (nSPS) is 22.1. The van der Waals surface area contributed by atoms with Gasteiger partial charge >= 0.3 is 0 Å². The van der Waals surface area contributed by atoms with Gasteiger partial charge in [0.05, 0.1) is 4.47 Å². The highest BCUT2D eigenvalue weighted by Gasteiger charge is 2.42. The highest BCUT2D eigenvalue weighted by molar-refractivity contribution is 9.10. The first-order valence-corrected chi connectivity index (χ1v) is 7.80. The monoisotopic (exact) mass is 351 g/mol. The minimum Gasteiger partial charge on any atom is -0.327 e. The van der Waals surface area contributed by atoms with Gasteiger partial charge in [-0.1, -0.05) is 30.3 Å². The van der Waals surface area contributed by atoms with Crippen LogP contribution < -0.4 is 5.73 Å². The molecule has 4 heteroatoms. The van der Waals surface area contributed by atoms with Crippen LogP contribution in [0.15, 0.2) is 46.9 Å². The molecule has 21 heavy (non-hydrogen) atoms. The summed E-state index contributed by atoms with van der Waals surface area (Å²) >= 11 is 3.09. The Kier molecular flexibility index (Phi) is 4.09. The van der Waals surface area contributed by atoms with Gasteiger partial charge in [-0.15, -0.1) is 0 Å². The van der Waals surface area contributed by atoms with Crippen LogP contribution in [0, 0.1) is 17.6 Å². The average molecular weight is 352 g/mol. The number of rotatable bonds is 4. The zero-order valence-corrected chi connectivity index (χ0v) is 13.0. The van der Waals surface area contributed by atoms with Crippen molar-refractivity contribution in [3.05, 3.63) is 69.7 Å². The Morgan fingerprint density at radius 2 is 1.86 bits per heavy atom. The van der Waals surface area contributed by atoms with Crippen LogP contribution in [-0.4, -0.2) is 6.04 Å². The molecular formula is C17H16BrF2N. The van der Waals surface area contributed by atoms with Crippen molar-refractivity contribution in [3.8, 4) is 0 Å². The molecule has 1 aliphatic rings. The summed E-state index contributed by atoms with van der Waals surface area (Å²) in [6.45, 7) is 0. The van der Waals surface area contributed by atoms with Gasteiger partial charge in [0, 0.05) is 11.6 Å². The summed E-state index contributed by atoms with van der Waals surface area (Å²) in [5, 5.41) is 0. The molecular weight excluding hydrogens is 336 g/mol. The molecule has 3 rings (SSSR count). The van der Waals surface area contributed by atoms with Crippen LogP contribution in [0.4, 0.5) is 8.78 Å². The van der Waals surface area contributed by atoms with E-state index in [2.05, 4.69) is 28.1 Å². The summed E-state index contributed by atoms with van der Waals surface area (Å²) in [4.78, 5) is 0. The van der Waals surface area contributed by atoms with Crippen molar-refractivity contribution < 1.29 is 8.78 Å². The van der Waals surface area contributed by atoms with Crippen molar-refractivity contribution in [2.75, 3.05) is 0 Å². The van der Waals surface area contributed by atoms with Crippen LogP contribution in [0.1, 0.15) is 23.5 Å². The van der Waals surface area contributed by atoms with Gasteiger partial charge in [0.1, 0.15) is 11.6 Å². The van der Waals surface area contributed by atoms with Crippen LogP contribution in [-0.2, 0) is 6.42 Å². The zero-order chi connectivity index (χ0) is 15.0. The molecule has 2 N–H and O–H groups in total. The molecule has 0 bridgehead atoms. The largest absolute Gasteiger partial charge is 0.327 e. The molecule has 0 aromatic heterocycles. The van der Waals surface area contributed by atoms with Crippen LogP contribution in [0.2, 0.25) is 0 Å². The molecule has 0 heterocycles. The Labute approximate surface area is 131 Å². The zero-order valence-electron chi connectivity index (χ0n) is 11.4. The molecule has 0 aliphatic heterocycles. The van der Waals surface area contributed by atoms with Crippen LogP contribution in [0.25, 0.3) is 0 Å². The van der Waals surface area contributed by atoms with E-state index in [1.54, 1.807) is 0 Å². The van der Waals surface area contributed by atoms with Crippen LogP contribution >= 0.6 is 15.9 Å². The number of hydrogen-bond donors (Lipinski definition) is 1. The van der Waals surface area contributed by atoms with E-state index in [4.69, 9.17) is 5.73 Å². The second kappa shape index (κ2) is 5.85. The maximum Gasteiger partial charge on any atom is 0.143 e. The summed E-state index contributed by atoms with van der Waals surface area (Å²) in [7, 11) is 0. The lowest BCUT2D eigenvalue weighted by atomic mass is 9.99.